The van der Waals surface area contributed by atoms with Crippen LogP contribution >= 0.6 is 39.1 Å². The molecular formula is C25H25BrCl2N2O5S. The summed E-state index contributed by atoms with van der Waals surface area (Å²) < 4.78 is 39.4. The van der Waals surface area contributed by atoms with Crippen LogP contribution in [0.4, 0.5) is 0 Å². The van der Waals surface area contributed by atoms with Crippen LogP contribution in [0, 0.1) is 0 Å². The van der Waals surface area contributed by atoms with Gasteiger partial charge in [-0.3, -0.25) is 4.79 Å². The van der Waals surface area contributed by atoms with Gasteiger partial charge in [-0.05, 0) is 66.6 Å². The van der Waals surface area contributed by atoms with Crippen molar-refractivity contribution < 1.29 is 22.7 Å². The lowest BCUT2D eigenvalue weighted by atomic mass is 10.1. The SMILES string of the molecule is COc1ccc([C@@H](C)NC(=O)CN(Cc2ccc(Cl)c(Cl)c2)S(=O)(=O)c2ccc(Br)cc2)cc1OC. The fourth-order valence-electron chi connectivity index (χ4n) is 3.48. The zero-order valence-corrected chi connectivity index (χ0v) is 23.7. The van der Waals surface area contributed by atoms with Crippen LogP contribution in [0.5, 0.6) is 11.5 Å². The van der Waals surface area contributed by atoms with E-state index in [0.717, 1.165) is 14.3 Å². The lowest BCUT2D eigenvalue weighted by Crippen LogP contribution is -2.41. The van der Waals surface area contributed by atoms with Crippen LogP contribution in [-0.4, -0.2) is 39.4 Å². The predicted octanol–water partition coefficient (Wildman–Crippen LogP) is 5.84. The second-order valence-electron chi connectivity index (χ2n) is 7.88. The molecule has 0 aromatic heterocycles. The summed E-state index contributed by atoms with van der Waals surface area (Å²) >= 11 is 15.5. The van der Waals surface area contributed by atoms with E-state index < -0.39 is 28.5 Å². The molecule has 36 heavy (non-hydrogen) atoms. The Morgan fingerprint density at radius 1 is 0.972 bits per heavy atom. The lowest BCUT2D eigenvalue weighted by Gasteiger charge is -2.24. The summed E-state index contributed by atoms with van der Waals surface area (Å²) in [6.45, 7) is 1.31. The summed E-state index contributed by atoms with van der Waals surface area (Å²) in [7, 11) is -0.950. The molecule has 0 bridgehead atoms. The van der Waals surface area contributed by atoms with Gasteiger partial charge in [0.15, 0.2) is 11.5 Å². The molecule has 0 radical (unpaired) electrons. The topological polar surface area (TPSA) is 84.9 Å². The second-order valence-corrected chi connectivity index (χ2v) is 11.5. The number of halogens is 3. The van der Waals surface area contributed by atoms with Gasteiger partial charge >= 0.3 is 0 Å². The minimum Gasteiger partial charge on any atom is -0.493 e. The third-order valence-electron chi connectivity index (χ3n) is 5.40. The summed E-state index contributed by atoms with van der Waals surface area (Å²) in [5, 5.41) is 3.50. The maximum Gasteiger partial charge on any atom is 0.243 e. The van der Waals surface area contributed by atoms with Crippen LogP contribution in [0.1, 0.15) is 24.1 Å². The molecule has 3 aromatic rings. The molecule has 1 atom stereocenters. The van der Waals surface area contributed by atoms with Crippen molar-refractivity contribution in [1.82, 2.24) is 9.62 Å². The van der Waals surface area contributed by atoms with Crippen molar-refractivity contribution in [2.24, 2.45) is 0 Å². The zero-order chi connectivity index (χ0) is 26.5. The normalized spacial score (nSPS) is 12.3. The number of hydrogen-bond acceptors (Lipinski definition) is 5. The van der Waals surface area contributed by atoms with Crippen LogP contribution in [0.25, 0.3) is 0 Å². The number of hydrogen-bond donors (Lipinski definition) is 1. The highest BCUT2D eigenvalue weighted by Crippen LogP contribution is 2.30. The van der Waals surface area contributed by atoms with Gasteiger partial charge in [-0.25, -0.2) is 8.42 Å². The Morgan fingerprint density at radius 2 is 1.64 bits per heavy atom. The molecule has 11 heteroatoms. The van der Waals surface area contributed by atoms with Crippen molar-refractivity contribution in [2.45, 2.75) is 24.4 Å². The van der Waals surface area contributed by atoms with Crippen LogP contribution in [-0.2, 0) is 21.4 Å². The third kappa shape index (κ3) is 6.92. The largest absolute Gasteiger partial charge is 0.493 e. The van der Waals surface area contributed by atoms with E-state index in [9.17, 15) is 13.2 Å². The molecule has 192 valence electrons. The Morgan fingerprint density at radius 3 is 2.25 bits per heavy atom. The molecule has 0 heterocycles. The van der Waals surface area contributed by atoms with Crippen LogP contribution < -0.4 is 14.8 Å². The van der Waals surface area contributed by atoms with Gasteiger partial charge < -0.3 is 14.8 Å². The number of benzene rings is 3. The number of sulfonamides is 1. The van der Waals surface area contributed by atoms with Crippen molar-refractivity contribution in [2.75, 3.05) is 20.8 Å². The monoisotopic (exact) mass is 614 g/mol. The highest BCUT2D eigenvalue weighted by Gasteiger charge is 2.28. The molecule has 0 aliphatic rings. The first-order chi connectivity index (χ1) is 17.0. The van der Waals surface area contributed by atoms with Crippen LogP contribution in [0.15, 0.2) is 70.0 Å². The van der Waals surface area contributed by atoms with Crippen LogP contribution in [0.3, 0.4) is 0 Å². The first kappa shape index (κ1) is 28.3. The number of ether oxygens (including phenoxy) is 2. The quantitative estimate of drug-likeness (QED) is 0.310. The van der Waals surface area contributed by atoms with Gasteiger partial charge in [0.1, 0.15) is 0 Å². The summed E-state index contributed by atoms with van der Waals surface area (Å²) in [4.78, 5) is 13.1. The van der Waals surface area contributed by atoms with Gasteiger partial charge in [0.05, 0.1) is 41.7 Å². The molecule has 7 nitrogen and oxygen atoms in total. The average molecular weight is 616 g/mol. The minimum absolute atomic E-state index is 0.0616. The Labute approximate surface area is 229 Å². The zero-order valence-electron chi connectivity index (χ0n) is 19.8. The summed E-state index contributed by atoms with van der Waals surface area (Å²) in [5.74, 6) is 0.612. The molecular weight excluding hydrogens is 591 g/mol. The number of amides is 1. The van der Waals surface area contributed by atoms with Gasteiger partial charge in [-0.2, -0.15) is 4.31 Å². The fourth-order valence-corrected chi connectivity index (χ4v) is 5.45. The third-order valence-corrected chi connectivity index (χ3v) is 8.47. The van der Waals surface area contributed by atoms with Crippen molar-refractivity contribution >= 4 is 55.1 Å². The molecule has 0 saturated heterocycles. The fraction of sp³-hybridized carbons (Fsp3) is 0.240. The molecule has 0 fully saturated rings. The van der Waals surface area contributed by atoms with E-state index in [1.807, 2.05) is 0 Å². The highest BCUT2D eigenvalue weighted by molar-refractivity contribution is 9.10. The molecule has 3 rings (SSSR count). The number of methoxy groups -OCH3 is 2. The van der Waals surface area contributed by atoms with E-state index in [0.29, 0.717) is 27.1 Å². The maximum absolute atomic E-state index is 13.5. The van der Waals surface area contributed by atoms with Crippen molar-refractivity contribution in [3.8, 4) is 11.5 Å². The Kier molecular flexibility index (Phi) is 9.66. The van der Waals surface area contributed by atoms with Gasteiger partial charge in [0.2, 0.25) is 15.9 Å². The van der Waals surface area contributed by atoms with Gasteiger partial charge in [-0.15, -0.1) is 0 Å². The van der Waals surface area contributed by atoms with Crippen molar-refractivity contribution in [3.63, 3.8) is 0 Å². The van der Waals surface area contributed by atoms with E-state index in [2.05, 4.69) is 21.2 Å². The molecule has 0 aliphatic carbocycles. The van der Waals surface area contributed by atoms with Gasteiger partial charge in [-0.1, -0.05) is 51.3 Å². The van der Waals surface area contributed by atoms with E-state index in [1.165, 1.54) is 26.4 Å². The van der Waals surface area contributed by atoms with Gasteiger partial charge in [0.25, 0.3) is 0 Å². The number of nitrogens with one attached hydrogen (secondary N) is 1. The first-order valence-corrected chi connectivity index (χ1v) is 13.7. The van der Waals surface area contributed by atoms with Crippen molar-refractivity contribution in [3.05, 3.63) is 86.3 Å². The first-order valence-electron chi connectivity index (χ1n) is 10.8. The smallest absolute Gasteiger partial charge is 0.243 e. The van der Waals surface area contributed by atoms with E-state index in [4.69, 9.17) is 32.7 Å². The summed E-state index contributed by atoms with van der Waals surface area (Å²) in [6, 6.07) is 15.9. The minimum atomic E-state index is -4.02. The summed E-state index contributed by atoms with van der Waals surface area (Å²) in [5.41, 5.74) is 1.36. The average Bonchev–Trinajstić information content (AvgIpc) is 2.85. The predicted molar refractivity (Wildman–Crippen MR) is 144 cm³/mol. The number of carbonyl (C=O) groups is 1. The second kappa shape index (κ2) is 12.3. The molecule has 0 spiro atoms. The number of nitrogens with zero attached hydrogens (tertiary/aromatic N) is 1. The standard InChI is InChI=1S/C25H25BrCl2N2O5S/c1-16(18-5-11-23(34-2)24(13-18)35-3)29-25(31)15-30(14-17-4-10-21(27)22(28)12-17)36(32,33)20-8-6-19(26)7-9-20/h4-13,16H,14-15H2,1-3H3,(H,29,31)/t16-/m1/s1. The Balaban J connectivity index is 1.85. The summed E-state index contributed by atoms with van der Waals surface area (Å²) in [6.07, 6.45) is 0. The number of carbonyl (C=O) groups excluding carboxylic acids is 1. The van der Waals surface area contributed by atoms with E-state index in [-0.39, 0.29) is 11.4 Å². The Hall–Kier alpha value is -2.30. The molecule has 0 aliphatic heterocycles. The van der Waals surface area contributed by atoms with E-state index >= 15 is 0 Å². The lowest BCUT2D eigenvalue weighted by molar-refractivity contribution is -0.122. The Bertz CT molecular complexity index is 1340. The maximum atomic E-state index is 13.5. The molecule has 1 N–H and O–H groups in total. The number of rotatable bonds is 10. The molecule has 1 amide bonds. The van der Waals surface area contributed by atoms with Crippen molar-refractivity contribution in [1.29, 1.82) is 0 Å². The van der Waals surface area contributed by atoms with E-state index in [1.54, 1.807) is 55.5 Å². The highest BCUT2D eigenvalue weighted by atomic mass is 79.9. The molecule has 0 unspecified atom stereocenters. The van der Waals surface area contributed by atoms with Gasteiger partial charge in [0, 0.05) is 11.0 Å². The van der Waals surface area contributed by atoms with Crippen LogP contribution in [0.2, 0.25) is 10.0 Å². The molecule has 3 aromatic carbocycles. The molecule has 0 saturated carbocycles.